The number of rotatable bonds is 2. The molecule has 122 valence electrons. The number of aliphatic carboxylic acids is 1. The predicted molar refractivity (Wildman–Crippen MR) is 92.1 cm³/mol. The van der Waals surface area contributed by atoms with Gasteiger partial charge < -0.3 is 10.4 Å². The number of fused-ring (bicyclic) bond motifs is 1. The van der Waals surface area contributed by atoms with E-state index >= 15 is 0 Å². The van der Waals surface area contributed by atoms with Crippen LogP contribution in [0.5, 0.6) is 0 Å². The second-order valence-electron chi connectivity index (χ2n) is 7.54. The number of hydrogen-bond acceptors (Lipinski definition) is 2. The highest BCUT2D eigenvalue weighted by molar-refractivity contribution is 5.80. The van der Waals surface area contributed by atoms with Crippen molar-refractivity contribution in [1.82, 2.24) is 5.32 Å². The standard InChI is InChI=1S/C21H21NO2/c23-19(24)21-13-22-12-18(21)20(14-6-2-1-3-7-14)11-10-17(21)15-8-4-5-9-16(15)20/h1-9,17-18,22H,10-13H2,(H,23,24). The Hall–Kier alpha value is -2.13. The van der Waals surface area contributed by atoms with Crippen LogP contribution in [0.3, 0.4) is 0 Å². The fourth-order valence-corrected chi connectivity index (χ4v) is 6.09. The van der Waals surface area contributed by atoms with Crippen molar-refractivity contribution in [1.29, 1.82) is 0 Å². The molecule has 24 heavy (non-hydrogen) atoms. The highest BCUT2D eigenvalue weighted by Crippen LogP contribution is 2.67. The Kier molecular flexibility index (Phi) is 2.79. The van der Waals surface area contributed by atoms with Crippen LogP contribution in [0, 0.1) is 11.3 Å². The highest BCUT2D eigenvalue weighted by atomic mass is 16.4. The lowest BCUT2D eigenvalue weighted by Crippen LogP contribution is -2.60. The van der Waals surface area contributed by atoms with Crippen molar-refractivity contribution < 1.29 is 9.90 Å². The number of nitrogens with one attached hydrogen (secondary N) is 1. The summed E-state index contributed by atoms with van der Waals surface area (Å²) in [6, 6.07) is 19.1. The second kappa shape index (κ2) is 4.70. The van der Waals surface area contributed by atoms with Crippen LogP contribution in [0.1, 0.15) is 35.4 Å². The molecule has 3 nitrogen and oxygen atoms in total. The lowest BCUT2D eigenvalue weighted by Gasteiger charge is -2.59. The van der Waals surface area contributed by atoms with E-state index in [9.17, 15) is 9.90 Å². The Morgan fingerprint density at radius 3 is 2.62 bits per heavy atom. The zero-order valence-electron chi connectivity index (χ0n) is 13.5. The van der Waals surface area contributed by atoms with Crippen molar-refractivity contribution in [3.8, 4) is 0 Å². The zero-order valence-corrected chi connectivity index (χ0v) is 13.5. The van der Waals surface area contributed by atoms with Crippen molar-refractivity contribution >= 4 is 5.97 Å². The maximum atomic E-state index is 12.5. The second-order valence-corrected chi connectivity index (χ2v) is 7.54. The first kappa shape index (κ1) is 14.2. The van der Waals surface area contributed by atoms with E-state index in [1.54, 1.807) is 0 Å². The van der Waals surface area contributed by atoms with Crippen molar-refractivity contribution in [2.75, 3.05) is 13.1 Å². The van der Waals surface area contributed by atoms with Crippen LogP contribution in [0.15, 0.2) is 54.6 Å². The molecule has 1 saturated carbocycles. The quantitative estimate of drug-likeness (QED) is 0.894. The van der Waals surface area contributed by atoms with Crippen LogP contribution in [0.4, 0.5) is 0 Å². The summed E-state index contributed by atoms with van der Waals surface area (Å²) in [5.74, 6) is -0.396. The Balaban J connectivity index is 1.87. The third-order valence-electron chi connectivity index (χ3n) is 6.94. The predicted octanol–water partition coefficient (Wildman–Crippen LogP) is 3.15. The maximum absolute atomic E-state index is 12.5. The van der Waals surface area contributed by atoms with Crippen LogP contribution in [0.2, 0.25) is 0 Å². The molecule has 1 aliphatic heterocycles. The molecule has 1 saturated heterocycles. The lowest BCUT2D eigenvalue weighted by molar-refractivity contribution is -0.157. The molecule has 0 amide bonds. The van der Waals surface area contributed by atoms with E-state index in [0.29, 0.717) is 6.54 Å². The van der Waals surface area contributed by atoms with Gasteiger partial charge in [0.1, 0.15) is 0 Å². The van der Waals surface area contributed by atoms with Gasteiger partial charge in [-0.2, -0.15) is 0 Å². The van der Waals surface area contributed by atoms with Crippen LogP contribution in [-0.2, 0) is 10.2 Å². The molecule has 0 aromatic heterocycles. The summed E-state index contributed by atoms with van der Waals surface area (Å²) < 4.78 is 0. The largest absolute Gasteiger partial charge is 0.481 e. The van der Waals surface area contributed by atoms with Gasteiger partial charge in [0.15, 0.2) is 0 Å². The summed E-state index contributed by atoms with van der Waals surface area (Å²) in [7, 11) is 0. The third-order valence-corrected chi connectivity index (χ3v) is 6.94. The zero-order chi connectivity index (χ0) is 16.4. The Morgan fingerprint density at radius 1 is 1.08 bits per heavy atom. The molecule has 2 bridgehead atoms. The SMILES string of the molecule is O=C(O)C12CNCC1C1(c3ccccc3)CCC2c2ccccc21. The minimum Gasteiger partial charge on any atom is -0.481 e. The number of carbonyl (C=O) groups is 1. The lowest BCUT2D eigenvalue weighted by atomic mass is 9.42. The van der Waals surface area contributed by atoms with E-state index in [1.165, 1.54) is 16.7 Å². The number of hydrogen-bond donors (Lipinski definition) is 2. The van der Waals surface area contributed by atoms with Crippen molar-refractivity contribution in [2.24, 2.45) is 11.3 Å². The average molecular weight is 319 g/mol. The molecular formula is C21H21NO2. The number of carboxylic acids is 1. The number of benzene rings is 2. The van der Waals surface area contributed by atoms with E-state index in [-0.39, 0.29) is 17.3 Å². The van der Waals surface area contributed by atoms with Gasteiger partial charge in [-0.25, -0.2) is 0 Å². The van der Waals surface area contributed by atoms with Gasteiger partial charge in [0.05, 0.1) is 5.41 Å². The first-order chi connectivity index (χ1) is 11.7. The van der Waals surface area contributed by atoms with Gasteiger partial charge in [0.25, 0.3) is 0 Å². The molecule has 4 atom stereocenters. The molecular weight excluding hydrogens is 298 g/mol. The first-order valence-corrected chi connectivity index (χ1v) is 8.80. The fraction of sp³-hybridized carbons (Fsp3) is 0.381. The molecule has 4 aliphatic rings. The maximum Gasteiger partial charge on any atom is 0.311 e. The van der Waals surface area contributed by atoms with Crippen LogP contribution in [0.25, 0.3) is 0 Å². The Morgan fingerprint density at radius 2 is 1.83 bits per heavy atom. The summed E-state index contributed by atoms with van der Waals surface area (Å²) in [5.41, 5.74) is 3.03. The van der Waals surface area contributed by atoms with E-state index < -0.39 is 11.4 Å². The molecule has 4 unspecified atom stereocenters. The van der Waals surface area contributed by atoms with Crippen molar-refractivity contribution in [2.45, 2.75) is 24.2 Å². The van der Waals surface area contributed by atoms with E-state index in [4.69, 9.17) is 0 Å². The Bertz CT molecular complexity index is 818. The van der Waals surface area contributed by atoms with Crippen molar-refractivity contribution in [3.63, 3.8) is 0 Å². The van der Waals surface area contributed by atoms with Crippen LogP contribution in [-0.4, -0.2) is 24.2 Å². The van der Waals surface area contributed by atoms with Gasteiger partial charge in [0.2, 0.25) is 0 Å². The van der Waals surface area contributed by atoms with E-state index in [2.05, 4.69) is 53.8 Å². The van der Waals surface area contributed by atoms with Gasteiger partial charge >= 0.3 is 5.97 Å². The van der Waals surface area contributed by atoms with Gasteiger partial charge in [-0.3, -0.25) is 4.79 Å². The first-order valence-electron chi connectivity index (χ1n) is 8.80. The molecule has 2 N–H and O–H groups in total. The van der Waals surface area contributed by atoms with E-state index in [0.717, 1.165) is 19.4 Å². The smallest absolute Gasteiger partial charge is 0.311 e. The minimum atomic E-state index is -0.678. The molecule has 6 rings (SSSR count). The summed E-state index contributed by atoms with van der Waals surface area (Å²) in [4.78, 5) is 12.5. The summed E-state index contributed by atoms with van der Waals surface area (Å²) in [6.45, 7) is 1.37. The van der Waals surface area contributed by atoms with Gasteiger partial charge in [-0.1, -0.05) is 54.6 Å². The minimum absolute atomic E-state index is 0.110. The monoisotopic (exact) mass is 319 g/mol. The molecule has 2 aromatic rings. The molecule has 2 aromatic carbocycles. The topological polar surface area (TPSA) is 49.3 Å². The van der Waals surface area contributed by atoms with Crippen LogP contribution < -0.4 is 5.32 Å². The molecule has 3 aliphatic carbocycles. The van der Waals surface area contributed by atoms with Gasteiger partial charge in [-0.15, -0.1) is 0 Å². The number of carboxylic acid groups (broad SMARTS) is 1. The Labute approximate surface area is 141 Å². The molecule has 1 heterocycles. The van der Waals surface area contributed by atoms with Gasteiger partial charge in [0, 0.05) is 30.3 Å². The van der Waals surface area contributed by atoms with Gasteiger partial charge in [-0.05, 0) is 29.5 Å². The average Bonchev–Trinajstić information content (AvgIpc) is 3.11. The molecule has 0 spiro atoms. The molecule has 2 fully saturated rings. The summed E-state index contributed by atoms with van der Waals surface area (Å²) in [5, 5.41) is 13.7. The fourth-order valence-electron chi connectivity index (χ4n) is 6.09. The normalized spacial score (nSPS) is 36.2. The molecule has 0 radical (unpaired) electrons. The summed E-state index contributed by atoms with van der Waals surface area (Å²) >= 11 is 0. The summed E-state index contributed by atoms with van der Waals surface area (Å²) in [6.07, 6.45) is 2.00. The van der Waals surface area contributed by atoms with E-state index in [1.807, 2.05) is 6.07 Å². The molecule has 3 heteroatoms. The third kappa shape index (κ3) is 1.45. The highest BCUT2D eigenvalue weighted by Gasteiger charge is 2.68. The van der Waals surface area contributed by atoms with Crippen LogP contribution >= 0.6 is 0 Å². The van der Waals surface area contributed by atoms with Crippen molar-refractivity contribution in [3.05, 3.63) is 71.3 Å².